The highest BCUT2D eigenvalue weighted by atomic mass is 32.1. The molecule has 0 bridgehead atoms. The molecule has 0 saturated carbocycles. The molecule has 1 amide bonds. The fourth-order valence-corrected chi connectivity index (χ4v) is 1.25. The Kier molecular flexibility index (Phi) is 4.37. The monoisotopic (exact) mass is 184 g/mol. The molecular formula is C8H12N2OS. The molecule has 0 aliphatic carbocycles. The summed E-state index contributed by atoms with van der Waals surface area (Å²) < 4.78 is 0. The van der Waals surface area contributed by atoms with Crippen molar-refractivity contribution in [1.82, 2.24) is 10.3 Å². The van der Waals surface area contributed by atoms with Crippen molar-refractivity contribution in [3.63, 3.8) is 0 Å². The van der Waals surface area contributed by atoms with Crippen molar-refractivity contribution in [3.8, 4) is 0 Å². The van der Waals surface area contributed by atoms with Crippen molar-refractivity contribution in [1.29, 1.82) is 0 Å². The van der Waals surface area contributed by atoms with Gasteiger partial charge in [0.2, 0.25) is 5.91 Å². The number of nitrogens with one attached hydrogen (secondary N) is 1. The van der Waals surface area contributed by atoms with Crippen molar-refractivity contribution >= 4 is 17.2 Å². The minimum absolute atomic E-state index is 0.214. The van der Waals surface area contributed by atoms with Crippen LogP contribution in [0.2, 0.25) is 0 Å². The van der Waals surface area contributed by atoms with Gasteiger partial charge in [-0.25, -0.2) is 0 Å². The first-order chi connectivity index (χ1) is 5.89. The third-order valence-electron chi connectivity index (χ3n) is 1.50. The van der Waals surface area contributed by atoms with Gasteiger partial charge in [0.15, 0.2) is 0 Å². The van der Waals surface area contributed by atoms with Gasteiger partial charge in [-0.1, -0.05) is 0 Å². The van der Waals surface area contributed by atoms with Crippen LogP contribution in [0, 0.1) is 0 Å². The predicted molar refractivity (Wildman–Crippen MR) is 49.0 cm³/mol. The van der Waals surface area contributed by atoms with Gasteiger partial charge in [0.1, 0.15) is 0 Å². The van der Waals surface area contributed by atoms with E-state index < -0.39 is 0 Å². The van der Waals surface area contributed by atoms with E-state index in [1.54, 1.807) is 23.0 Å². The summed E-state index contributed by atoms with van der Waals surface area (Å²) >= 11 is 1.60. The first-order valence-corrected chi connectivity index (χ1v) is 4.93. The number of rotatable bonds is 0. The molecule has 1 aliphatic rings. The van der Waals surface area contributed by atoms with E-state index in [-0.39, 0.29) is 5.91 Å². The minimum Gasteiger partial charge on any atom is -0.356 e. The minimum atomic E-state index is 0.214. The van der Waals surface area contributed by atoms with Crippen molar-refractivity contribution in [2.24, 2.45) is 0 Å². The second-order valence-electron chi connectivity index (χ2n) is 2.48. The second kappa shape index (κ2) is 5.71. The molecule has 0 spiro atoms. The molecule has 1 fully saturated rings. The van der Waals surface area contributed by atoms with Crippen LogP contribution in [0.3, 0.4) is 0 Å². The molecule has 66 valence electrons. The van der Waals surface area contributed by atoms with Gasteiger partial charge in [-0.3, -0.25) is 9.78 Å². The van der Waals surface area contributed by atoms with Crippen molar-refractivity contribution in [3.05, 3.63) is 17.1 Å². The van der Waals surface area contributed by atoms with E-state index in [9.17, 15) is 4.79 Å². The van der Waals surface area contributed by atoms with Crippen LogP contribution in [-0.2, 0) is 4.79 Å². The molecule has 2 heterocycles. The Labute approximate surface area is 75.8 Å². The highest BCUT2D eigenvalue weighted by Gasteiger charge is 2.04. The number of aromatic nitrogens is 1. The van der Waals surface area contributed by atoms with Gasteiger partial charge in [-0.15, -0.1) is 11.3 Å². The van der Waals surface area contributed by atoms with Gasteiger partial charge in [0.25, 0.3) is 0 Å². The molecule has 0 aromatic carbocycles. The summed E-state index contributed by atoms with van der Waals surface area (Å²) in [5.41, 5.74) is 1.79. The fourth-order valence-electron chi connectivity index (χ4n) is 0.902. The molecule has 2 rings (SSSR count). The molecule has 1 saturated heterocycles. The van der Waals surface area contributed by atoms with Crippen LogP contribution in [0.25, 0.3) is 0 Å². The Hall–Kier alpha value is -0.900. The summed E-state index contributed by atoms with van der Waals surface area (Å²) in [6.45, 7) is 0.888. The lowest BCUT2D eigenvalue weighted by Crippen LogP contribution is -2.28. The quantitative estimate of drug-likeness (QED) is 0.662. The van der Waals surface area contributed by atoms with Crippen LogP contribution in [-0.4, -0.2) is 17.4 Å². The van der Waals surface area contributed by atoms with Crippen LogP contribution in [0.1, 0.15) is 19.3 Å². The molecule has 1 aromatic heterocycles. The predicted octanol–water partition coefficient (Wildman–Crippen LogP) is 1.43. The number of hydrogen-bond donors (Lipinski definition) is 1. The van der Waals surface area contributed by atoms with Crippen LogP contribution < -0.4 is 5.32 Å². The maximum absolute atomic E-state index is 10.4. The lowest BCUT2D eigenvalue weighted by atomic mass is 10.2. The van der Waals surface area contributed by atoms with E-state index in [2.05, 4.69) is 10.3 Å². The molecule has 12 heavy (non-hydrogen) atoms. The zero-order valence-electron chi connectivity index (χ0n) is 6.82. The standard InChI is InChI=1S/C5H9NO.C3H3NS/c7-5-3-1-2-4-6-5;1-2-5-3-4-1/h1-4H2,(H,6,7);1-3H. The summed E-state index contributed by atoms with van der Waals surface area (Å²) in [7, 11) is 0. The number of carbonyl (C=O) groups excluding carboxylic acids is 1. The summed E-state index contributed by atoms with van der Waals surface area (Å²) in [5.74, 6) is 0.214. The molecule has 1 N–H and O–H groups in total. The largest absolute Gasteiger partial charge is 0.356 e. The first kappa shape index (κ1) is 9.19. The maximum Gasteiger partial charge on any atom is 0.219 e. The van der Waals surface area contributed by atoms with E-state index in [1.165, 1.54) is 0 Å². The fraction of sp³-hybridized carbons (Fsp3) is 0.500. The van der Waals surface area contributed by atoms with Crippen molar-refractivity contribution < 1.29 is 4.79 Å². The number of piperidine rings is 1. The topological polar surface area (TPSA) is 42.0 Å². The zero-order chi connectivity index (χ0) is 8.65. The third kappa shape index (κ3) is 4.08. The van der Waals surface area contributed by atoms with E-state index in [0.29, 0.717) is 0 Å². The zero-order valence-corrected chi connectivity index (χ0v) is 7.64. The SMILES string of the molecule is O=C1CCCCN1.c1cscn1. The Balaban J connectivity index is 0.000000127. The number of amides is 1. The van der Waals surface area contributed by atoms with E-state index in [4.69, 9.17) is 0 Å². The van der Waals surface area contributed by atoms with E-state index in [1.807, 2.05) is 5.38 Å². The van der Waals surface area contributed by atoms with Gasteiger partial charge < -0.3 is 5.32 Å². The van der Waals surface area contributed by atoms with Gasteiger partial charge >= 0.3 is 0 Å². The number of nitrogens with zero attached hydrogens (tertiary/aromatic N) is 1. The first-order valence-electron chi connectivity index (χ1n) is 3.98. The molecule has 1 aliphatic heterocycles. The molecule has 4 heteroatoms. The van der Waals surface area contributed by atoms with E-state index in [0.717, 1.165) is 25.8 Å². The van der Waals surface area contributed by atoms with Crippen LogP contribution in [0.5, 0.6) is 0 Å². The Morgan fingerprint density at radius 1 is 1.50 bits per heavy atom. The third-order valence-corrected chi connectivity index (χ3v) is 2.02. The molecule has 3 nitrogen and oxygen atoms in total. The van der Waals surface area contributed by atoms with Crippen LogP contribution in [0.4, 0.5) is 0 Å². The smallest absolute Gasteiger partial charge is 0.219 e. The molecule has 0 unspecified atom stereocenters. The number of carbonyl (C=O) groups is 1. The molecule has 1 aromatic rings. The van der Waals surface area contributed by atoms with Gasteiger partial charge in [-0.05, 0) is 12.8 Å². The van der Waals surface area contributed by atoms with Gasteiger partial charge in [-0.2, -0.15) is 0 Å². The normalized spacial score (nSPS) is 15.8. The Bertz CT molecular complexity index is 186. The number of hydrogen-bond acceptors (Lipinski definition) is 3. The summed E-state index contributed by atoms with van der Waals surface area (Å²) in [6, 6.07) is 0. The molecule has 0 atom stereocenters. The van der Waals surface area contributed by atoms with Gasteiger partial charge in [0, 0.05) is 24.5 Å². The van der Waals surface area contributed by atoms with Crippen molar-refractivity contribution in [2.75, 3.05) is 6.54 Å². The maximum atomic E-state index is 10.4. The summed E-state index contributed by atoms with van der Waals surface area (Å²) in [6.07, 6.45) is 4.74. The molecule has 0 radical (unpaired) electrons. The van der Waals surface area contributed by atoms with Gasteiger partial charge in [0.05, 0.1) is 5.51 Å². The van der Waals surface area contributed by atoms with E-state index >= 15 is 0 Å². The summed E-state index contributed by atoms with van der Waals surface area (Å²) in [4.78, 5) is 14.1. The highest BCUT2D eigenvalue weighted by molar-refractivity contribution is 7.07. The van der Waals surface area contributed by atoms with Crippen LogP contribution >= 0.6 is 11.3 Å². The van der Waals surface area contributed by atoms with Crippen molar-refractivity contribution in [2.45, 2.75) is 19.3 Å². The Morgan fingerprint density at radius 3 is 2.67 bits per heavy atom. The average molecular weight is 184 g/mol. The lowest BCUT2D eigenvalue weighted by molar-refractivity contribution is -0.122. The molecular weight excluding hydrogens is 172 g/mol. The number of thiazole rings is 1. The second-order valence-corrected chi connectivity index (χ2v) is 3.24. The van der Waals surface area contributed by atoms with Crippen LogP contribution in [0.15, 0.2) is 17.1 Å². The lowest BCUT2D eigenvalue weighted by Gasteiger charge is -2.08. The Morgan fingerprint density at radius 2 is 2.42 bits per heavy atom. The summed E-state index contributed by atoms with van der Waals surface area (Å²) in [5, 5.41) is 4.67. The highest BCUT2D eigenvalue weighted by Crippen LogP contribution is 1.98. The average Bonchev–Trinajstić information content (AvgIpc) is 2.62.